The molecule has 2 unspecified atom stereocenters. The lowest BCUT2D eigenvalue weighted by Gasteiger charge is -2.15. The van der Waals surface area contributed by atoms with Crippen LogP contribution in [0.4, 0.5) is 8.78 Å². The molecule has 0 fully saturated rings. The van der Waals surface area contributed by atoms with Crippen LogP contribution in [0.25, 0.3) is 0 Å². The van der Waals surface area contributed by atoms with Gasteiger partial charge in [0.1, 0.15) is 0 Å². The lowest BCUT2D eigenvalue weighted by molar-refractivity contribution is 0.143. The van der Waals surface area contributed by atoms with Gasteiger partial charge in [-0.2, -0.15) is 0 Å². The van der Waals surface area contributed by atoms with Crippen molar-refractivity contribution in [3.05, 3.63) is 35.4 Å². The lowest BCUT2D eigenvalue weighted by atomic mass is 9.96. The Morgan fingerprint density at radius 3 is 2.62 bits per heavy atom. The summed E-state index contributed by atoms with van der Waals surface area (Å²) in [5, 5.41) is 9.73. The van der Waals surface area contributed by atoms with Crippen molar-refractivity contribution >= 4 is 0 Å². The molecule has 1 rings (SSSR count). The van der Waals surface area contributed by atoms with Crippen molar-refractivity contribution in [1.29, 1.82) is 0 Å². The maximum atomic E-state index is 13.3. The third-order valence-corrected chi connectivity index (χ3v) is 2.86. The van der Waals surface area contributed by atoms with Gasteiger partial charge in [0.2, 0.25) is 0 Å². The molecule has 0 aliphatic heterocycles. The van der Waals surface area contributed by atoms with Crippen molar-refractivity contribution in [3.8, 4) is 0 Å². The smallest absolute Gasteiger partial charge is 0.162 e. The second-order valence-corrected chi connectivity index (χ2v) is 4.32. The summed E-state index contributed by atoms with van der Waals surface area (Å²) < 4.78 is 26.2. The van der Waals surface area contributed by atoms with Crippen LogP contribution >= 0.6 is 0 Å². The summed E-state index contributed by atoms with van der Waals surface area (Å²) >= 11 is 0. The lowest BCUT2D eigenvalue weighted by Crippen LogP contribution is -2.15. The van der Waals surface area contributed by atoms with Gasteiger partial charge in [-0.05, 0) is 24.0 Å². The van der Waals surface area contributed by atoms with Crippen LogP contribution in [0, 0.1) is 17.6 Å². The van der Waals surface area contributed by atoms with Crippen LogP contribution in [0.1, 0.15) is 32.3 Å². The molecule has 0 saturated heterocycles. The molecule has 0 spiro atoms. The summed E-state index contributed by atoms with van der Waals surface area (Å²) in [4.78, 5) is 0. The maximum Gasteiger partial charge on any atom is 0.162 e. The molecule has 0 amide bonds. The first-order valence-electron chi connectivity index (χ1n) is 5.65. The third kappa shape index (κ3) is 3.56. The Labute approximate surface area is 95.1 Å². The first-order valence-corrected chi connectivity index (χ1v) is 5.65. The van der Waals surface area contributed by atoms with Gasteiger partial charge in [0.15, 0.2) is 11.6 Å². The van der Waals surface area contributed by atoms with Gasteiger partial charge in [-0.3, -0.25) is 0 Å². The summed E-state index contributed by atoms with van der Waals surface area (Å²) in [5.74, 6) is -1.30. The normalized spacial score (nSPS) is 14.8. The molecule has 1 nitrogen and oxygen atoms in total. The van der Waals surface area contributed by atoms with Crippen LogP contribution in [0.5, 0.6) is 0 Å². The molecule has 0 aromatic heterocycles. The molecule has 2 atom stereocenters. The molecule has 0 radical (unpaired) electrons. The molecule has 0 bridgehead atoms. The van der Waals surface area contributed by atoms with Crippen LogP contribution in [0.2, 0.25) is 0 Å². The topological polar surface area (TPSA) is 20.2 Å². The number of benzene rings is 1. The molecular weight excluding hydrogens is 210 g/mol. The molecule has 0 aliphatic carbocycles. The fraction of sp³-hybridized carbons (Fsp3) is 0.538. The minimum atomic E-state index is -0.853. The zero-order valence-electron chi connectivity index (χ0n) is 9.71. The number of halogens is 2. The Morgan fingerprint density at radius 1 is 1.31 bits per heavy atom. The van der Waals surface area contributed by atoms with Gasteiger partial charge in [0.05, 0.1) is 6.10 Å². The molecule has 1 N–H and O–H groups in total. The Hall–Kier alpha value is -0.960. The molecule has 0 saturated carbocycles. The van der Waals surface area contributed by atoms with Crippen molar-refractivity contribution in [2.45, 2.75) is 39.2 Å². The van der Waals surface area contributed by atoms with E-state index in [2.05, 4.69) is 0 Å². The SMILES string of the molecule is CCC(C)CC(O)Cc1cccc(F)c1F. The predicted octanol–water partition coefficient (Wildman–Crippen LogP) is 3.30. The minimum Gasteiger partial charge on any atom is -0.393 e. The van der Waals surface area contributed by atoms with E-state index in [0.29, 0.717) is 12.3 Å². The molecule has 0 heterocycles. The van der Waals surface area contributed by atoms with Gasteiger partial charge in [-0.15, -0.1) is 0 Å². The van der Waals surface area contributed by atoms with E-state index < -0.39 is 17.7 Å². The van der Waals surface area contributed by atoms with Crippen molar-refractivity contribution in [3.63, 3.8) is 0 Å². The van der Waals surface area contributed by atoms with E-state index in [-0.39, 0.29) is 12.0 Å². The highest BCUT2D eigenvalue weighted by Gasteiger charge is 2.14. The standard InChI is InChI=1S/C13H18F2O/c1-3-9(2)7-11(16)8-10-5-4-6-12(14)13(10)15/h4-6,9,11,16H,3,7-8H2,1-2H3. The van der Waals surface area contributed by atoms with Crippen molar-refractivity contribution in [1.82, 2.24) is 0 Å². The van der Waals surface area contributed by atoms with E-state index in [1.165, 1.54) is 12.1 Å². The van der Waals surface area contributed by atoms with Crippen molar-refractivity contribution < 1.29 is 13.9 Å². The van der Waals surface area contributed by atoms with Crippen LogP contribution in [0.15, 0.2) is 18.2 Å². The Morgan fingerprint density at radius 2 is 2.00 bits per heavy atom. The average Bonchev–Trinajstić information content (AvgIpc) is 2.24. The van der Waals surface area contributed by atoms with Gasteiger partial charge in [-0.1, -0.05) is 32.4 Å². The Bertz CT molecular complexity index is 339. The Kier molecular flexibility index (Phi) is 4.87. The first-order chi connectivity index (χ1) is 7.54. The van der Waals surface area contributed by atoms with E-state index in [0.717, 1.165) is 12.5 Å². The van der Waals surface area contributed by atoms with Crippen LogP contribution in [0.3, 0.4) is 0 Å². The summed E-state index contributed by atoms with van der Waals surface area (Å²) in [5.41, 5.74) is 0.246. The summed E-state index contributed by atoms with van der Waals surface area (Å²) in [7, 11) is 0. The highest BCUT2D eigenvalue weighted by molar-refractivity contribution is 5.19. The summed E-state index contributed by atoms with van der Waals surface area (Å²) in [6.45, 7) is 4.07. The number of aliphatic hydroxyl groups excluding tert-OH is 1. The fourth-order valence-electron chi connectivity index (χ4n) is 1.67. The largest absolute Gasteiger partial charge is 0.393 e. The van der Waals surface area contributed by atoms with E-state index in [9.17, 15) is 13.9 Å². The summed E-state index contributed by atoms with van der Waals surface area (Å²) in [6.07, 6.45) is 1.16. The van der Waals surface area contributed by atoms with Crippen molar-refractivity contribution in [2.75, 3.05) is 0 Å². The van der Waals surface area contributed by atoms with Crippen LogP contribution in [-0.4, -0.2) is 11.2 Å². The second kappa shape index (κ2) is 5.94. The fourth-order valence-corrected chi connectivity index (χ4v) is 1.67. The zero-order chi connectivity index (χ0) is 12.1. The number of rotatable bonds is 5. The minimum absolute atomic E-state index is 0.175. The summed E-state index contributed by atoms with van der Waals surface area (Å²) in [6, 6.07) is 4.06. The molecule has 3 heteroatoms. The second-order valence-electron chi connectivity index (χ2n) is 4.32. The van der Waals surface area contributed by atoms with Gasteiger partial charge in [0, 0.05) is 6.42 Å². The van der Waals surface area contributed by atoms with E-state index in [4.69, 9.17) is 0 Å². The molecular formula is C13H18F2O. The van der Waals surface area contributed by atoms with Gasteiger partial charge in [-0.25, -0.2) is 8.78 Å². The quantitative estimate of drug-likeness (QED) is 0.819. The highest BCUT2D eigenvalue weighted by atomic mass is 19.2. The molecule has 1 aromatic rings. The van der Waals surface area contributed by atoms with Gasteiger partial charge in [0.25, 0.3) is 0 Å². The van der Waals surface area contributed by atoms with E-state index >= 15 is 0 Å². The average molecular weight is 228 g/mol. The van der Waals surface area contributed by atoms with Gasteiger partial charge < -0.3 is 5.11 Å². The van der Waals surface area contributed by atoms with Crippen LogP contribution < -0.4 is 0 Å². The highest BCUT2D eigenvalue weighted by Crippen LogP contribution is 2.17. The number of hydrogen-bond donors (Lipinski definition) is 1. The molecule has 90 valence electrons. The zero-order valence-corrected chi connectivity index (χ0v) is 9.71. The first kappa shape index (κ1) is 13.1. The van der Waals surface area contributed by atoms with Gasteiger partial charge >= 0.3 is 0 Å². The monoisotopic (exact) mass is 228 g/mol. The number of hydrogen-bond acceptors (Lipinski definition) is 1. The molecule has 16 heavy (non-hydrogen) atoms. The number of aliphatic hydroxyl groups is 1. The van der Waals surface area contributed by atoms with Crippen LogP contribution in [-0.2, 0) is 6.42 Å². The third-order valence-electron chi connectivity index (χ3n) is 2.86. The van der Waals surface area contributed by atoms with Crippen molar-refractivity contribution in [2.24, 2.45) is 5.92 Å². The maximum absolute atomic E-state index is 13.3. The predicted molar refractivity (Wildman–Crippen MR) is 60.1 cm³/mol. The van der Waals surface area contributed by atoms with E-state index in [1.807, 2.05) is 13.8 Å². The molecule has 1 aromatic carbocycles. The van der Waals surface area contributed by atoms with E-state index in [1.54, 1.807) is 0 Å². The Balaban J connectivity index is 2.62. The molecule has 0 aliphatic rings.